The first-order valence-electron chi connectivity index (χ1n) is 16.5. The summed E-state index contributed by atoms with van der Waals surface area (Å²) in [4.78, 5) is 43.1. The van der Waals surface area contributed by atoms with E-state index in [1.54, 1.807) is 33.8 Å². The Labute approximate surface area is 275 Å². The first-order valence-corrected chi connectivity index (χ1v) is 16.5. The van der Waals surface area contributed by atoms with Crippen molar-refractivity contribution >= 4 is 29.2 Å². The lowest BCUT2D eigenvalue weighted by molar-refractivity contribution is -0.162. The van der Waals surface area contributed by atoms with Crippen LogP contribution in [0.1, 0.15) is 91.7 Å². The molecule has 0 spiro atoms. The fourth-order valence-corrected chi connectivity index (χ4v) is 5.89. The second-order valence-electron chi connectivity index (χ2n) is 13.3. The number of unbranched alkanes of at least 4 members (excludes halogenated alkanes) is 1. The highest BCUT2D eigenvalue weighted by Gasteiger charge is 2.60. The largest absolute Gasteiger partial charge is 0.463 e. The molecule has 1 saturated carbocycles. The summed E-state index contributed by atoms with van der Waals surface area (Å²) >= 11 is 0. The zero-order valence-electron chi connectivity index (χ0n) is 27.9. The summed E-state index contributed by atoms with van der Waals surface area (Å²) in [6, 6.07) is 4.12. The van der Waals surface area contributed by atoms with Crippen molar-refractivity contribution in [2.24, 2.45) is 17.6 Å². The number of carbonyl (C=O) groups is 3. The highest BCUT2D eigenvalue weighted by atomic mass is 16.6. The summed E-state index contributed by atoms with van der Waals surface area (Å²) in [6.07, 6.45) is 4.02. The van der Waals surface area contributed by atoms with E-state index in [4.69, 9.17) is 24.7 Å². The van der Waals surface area contributed by atoms with E-state index in [0.717, 1.165) is 44.9 Å². The van der Waals surface area contributed by atoms with Crippen molar-refractivity contribution < 1.29 is 38.4 Å². The van der Waals surface area contributed by atoms with Gasteiger partial charge in [-0.3, -0.25) is 14.4 Å². The number of nitrogens with two attached hydrogens (primary N) is 1. The van der Waals surface area contributed by atoms with Crippen LogP contribution >= 0.6 is 0 Å². The summed E-state index contributed by atoms with van der Waals surface area (Å²) < 4.78 is 24.5. The Morgan fingerprint density at radius 1 is 1.26 bits per heavy atom. The fourth-order valence-electron chi connectivity index (χ4n) is 5.89. The minimum absolute atomic E-state index is 0.0871. The number of aromatic nitrogens is 3. The molecule has 0 radical (unpaired) electrons. The lowest BCUT2D eigenvalue weighted by Crippen LogP contribution is -2.46. The highest BCUT2D eigenvalue weighted by molar-refractivity contribution is 5.98. The van der Waals surface area contributed by atoms with Gasteiger partial charge in [0, 0.05) is 13.0 Å². The molecular weight excluding hydrogens is 608 g/mol. The van der Waals surface area contributed by atoms with Crippen LogP contribution in [0.15, 0.2) is 18.5 Å². The molecule has 258 valence electrons. The zero-order chi connectivity index (χ0) is 34.4. The van der Waals surface area contributed by atoms with Crippen molar-refractivity contribution in [1.29, 1.82) is 5.26 Å². The van der Waals surface area contributed by atoms with E-state index in [-0.39, 0.29) is 36.4 Å². The van der Waals surface area contributed by atoms with Crippen molar-refractivity contribution in [3.63, 3.8) is 0 Å². The summed E-state index contributed by atoms with van der Waals surface area (Å²) in [5.41, 5.74) is 3.16. The number of aliphatic hydroxyl groups is 1. The van der Waals surface area contributed by atoms with Crippen LogP contribution in [0.3, 0.4) is 0 Å². The van der Waals surface area contributed by atoms with Crippen LogP contribution < -0.4 is 11.1 Å². The second-order valence-corrected chi connectivity index (χ2v) is 13.3. The molecular formula is C33H48N6O8. The van der Waals surface area contributed by atoms with E-state index >= 15 is 0 Å². The summed E-state index contributed by atoms with van der Waals surface area (Å²) in [5, 5.41) is 29.3. The normalized spacial score (nSPS) is 24.2. The Bertz CT molecular complexity index is 1450. The van der Waals surface area contributed by atoms with Gasteiger partial charge < -0.3 is 35.1 Å². The van der Waals surface area contributed by atoms with E-state index in [0.29, 0.717) is 12.1 Å². The smallest absolute Gasteiger partial charge is 0.323 e. The molecule has 1 aliphatic heterocycles. The average molecular weight is 657 g/mol. The quantitative estimate of drug-likeness (QED) is 0.198. The third-order valence-corrected chi connectivity index (χ3v) is 9.00. The molecule has 4 N–H and O–H groups in total. The van der Waals surface area contributed by atoms with Crippen LogP contribution in [0.25, 0.3) is 5.52 Å². The van der Waals surface area contributed by atoms with Gasteiger partial charge in [-0.15, -0.1) is 0 Å². The number of carbonyl (C=O) groups excluding carboxylic acids is 3. The van der Waals surface area contributed by atoms with E-state index in [2.05, 4.69) is 15.4 Å². The van der Waals surface area contributed by atoms with Gasteiger partial charge in [0.2, 0.25) is 5.60 Å². The van der Waals surface area contributed by atoms with Crippen LogP contribution in [0.2, 0.25) is 0 Å². The topological polar surface area (TPSA) is 200 Å². The Morgan fingerprint density at radius 2 is 1.98 bits per heavy atom. The van der Waals surface area contributed by atoms with Gasteiger partial charge in [-0.25, -0.2) is 9.50 Å². The van der Waals surface area contributed by atoms with E-state index in [1.807, 2.05) is 13.0 Å². The van der Waals surface area contributed by atoms with Gasteiger partial charge in [-0.1, -0.05) is 46.5 Å². The number of esters is 2. The highest BCUT2D eigenvalue weighted by Crippen LogP contribution is 2.42. The molecule has 2 fully saturated rings. The number of anilines is 1. The number of rotatable bonds is 14. The van der Waals surface area contributed by atoms with Crippen LogP contribution in [0, 0.1) is 23.2 Å². The first-order chi connectivity index (χ1) is 22.3. The number of amides is 1. The van der Waals surface area contributed by atoms with Crippen LogP contribution in [0.5, 0.6) is 0 Å². The Kier molecular flexibility index (Phi) is 11.9. The van der Waals surface area contributed by atoms with Crippen LogP contribution in [0.4, 0.5) is 5.82 Å². The summed E-state index contributed by atoms with van der Waals surface area (Å²) in [7, 11) is 0. The second kappa shape index (κ2) is 15.5. The van der Waals surface area contributed by atoms with Gasteiger partial charge in [-0.2, -0.15) is 10.4 Å². The Morgan fingerprint density at radius 3 is 2.64 bits per heavy atom. The molecule has 1 saturated heterocycles. The monoisotopic (exact) mass is 656 g/mol. The van der Waals surface area contributed by atoms with Crippen molar-refractivity contribution in [3.8, 4) is 6.07 Å². The molecule has 4 rings (SSSR count). The number of hydrogen-bond acceptors (Lipinski definition) is 12. The van der Waals surface area contributed by atoms with Gasteiger partial charge in [0.1, 0.15) is 48.4 Å². The molecule has 14 nitrogen and oxygen atoms in total. The van der Waals surface area contributed by atoms with E-state index < -0.39 is 53.4 Å². The molecule has 0 unspecified atom stereocenters. The van der Waals surface area contributed by atoms with Crippen molar-refractivity contribution in [2.45, 2.75) is 122 Å². The van der Waals surface area contributed by atoms with Crippen molar-refractivity contribution in [1.82, 2.24) is 14.6 Å². The number of nitrogens with zero attached hydrogens (tertiary/aromatic N) is 4. The number of hydrogen-bond donors (Lipinski definition) is 3. The summed E-state index contributed by atoms with van der Waals surface area (Å²) in [5.74, 6) is -1.56. The minimum Gasteiger partial charge on any atom is -0.463 e. The van der Waals surface area contributed by atoms with Gasteiger partial charge in [0.05, 0.1) is 5.69 Å². The number of fused-ring (bicyclic) bond motifs is 1. The first kappa shape index (κ1) is 36.2. The predicted molar refractivity (Wildman–Crippen MR) is 170 cm³/mol. The average Bonchev–Trinajstić information content (AvgIpc) is 3.60. The molecule has 2 aromatic heterocycles. The van der Waals surface area contributed by atoms with Gasteiger partial charge in [0.15, 0.2) is 11.9 Å². The SMILES string of the molecule is CCCCOC(C)(C)C(=O)Nc1ncnn2c([C@]3(C#N)O[C@H](COC(=O)CC4CCCCC4)[C@@H](OC(=O)[C@H](N)C(C)C)[C@H]3O)ccc12. The molecule has 3 heterocycles. The summed E-state index contributed by atoms with van der Waals surface area (Å²) in [6.45, 7) is 8.88. The number of ether oxygens (including phenoxy) is 4. The van der Waals surface area contributed by atoms with Crippen LogP contribution in [-0.4, -0.2) is 80.7 Å². The maximum Gasteiger partial charge on any atom is 0.323 e. The molecule has 1 amide bonds. The Hall–Kier alpha value is -3.64. The molecule has 2 aromatic rings. The van der Waals surface area contributed by atoms with Crippen molar-refractivity contribution in [2.75, 3.05) is 18.5 Å². The lowest BCUT2D eigenvalue weighted by atomic mass is 9.87. The molecule has 2 aliphatic rings. The standard InChI is InChI=1S/C33H48N6O8/c1-6-7-15-45-32(4,5)31(43)38-29-22-13-14-24(39(22)37-19-36-29)33(18-34)28(41)27(46-30(42)26(35)20(2)3)23(47-33)17-44-25(40)16-21-11-9-8-10-12-21/h13-14,19-21,23,26-28,41H,6-12,15-17,35H2,1-5H3,(H,36,37,38,43)/t23-,26-,27-,28-,33+/m1/s1. The molecule has 14 heteroatoms. The molecule has 0 aromatic carbocycles. The van der Waals surface area contributed by atoms with Crippen molar-refractivity contribution in [3.05, 3.63) is 24.2 Å². The fraction of sp³-hybridized carbons (Fsp3) is 0.697. The minimum atomic E-state index is -2.11. The number of nitrogens with one attached hydrogen (secondary N) is 1. The van der Waals surface area contributed by atoms with Gasteiger partial charge >= 0.3 is 11.9 Å². The van der Waals surface area contributed by atoms with Gasteiger partial charge in [0.25, 0.3) is 5.91 Å². The molecule has 5 atom stereocenters. The molecule has 47 heavy (non-hydrogen) atoms. The van der Waals surface area contributed by atoms with E-state index in [9.17, 15) is 24.8 Å². The zero-order valence-corrected chi connectivity index (χ0v) is 27.9. The maximum atomic E-state index is 13.1. The van der Waals surface area contributed by atoms with Crippen LogP contribution in [-0.2, 0) is 38.9 Å². The maximum absolute atomic E-state index is 13.1. The number of aliphatic hydroxyl groups excluding tert-OH is 1. The third kappa shape index (κ3) is 8.09. The lowest BCUT2D eigenvalue weighted by Gasteiger charge is -2.26. The van der Waals surface area contributed by atoms with E-state index in [1.165, 1.54) is 16.9 Å². The third-order valence-electron chi connectivity index (χ3n) is 9.00. The Balaban J connectivity index is 1.61. The molecule has 0 bridgehead atoms. The predicted octanol–water partition coefficient (Wildman–Crippen LogP) is 3.15. The van der Waals surface area contributed by atoms with Gasteiger partial charge in [-0.05, 0) is 57.1 Å². The molecule has 1 aliphatic carbocycles. The number of nitriles is 1.